The minimum Gasteiger partial charge on any atom is -0.459 e. The predicted molar refractivity (Wildman–Crippen MR) is 60.7 cm³/mol. The first-order valence-corrected chi connectivity index (χ1v) is 5.62. The zero-order valence-electron chi connectivity index (χ0n) is 10.9. The number of carbonyl (C=O) groups excluding carboxylic acids is 2. The van der Waals surface area contributed by atoms with Crippen molar-refractivity contribution < 1.29 is 23.1 Å². The lowest BCUT2D eigenvalue weighted by Crippen LogP contribution is -2.47. The zero-order valence-corrected chi connectivity index (χ0v) is 10.9. The van der Waals surface area contributed by atoms with Crippen LogP contribution in [0.1, 0.15) is 27.2 Å². The van der Waals surface area contributed by atoms with Gasteiger partial charge in [0, 0.05) is 13.5 Å². The summed E-state index contributed by atoms with van der Waals surface area (Å²) < 4.78 is 31.9. The van der Waals surface area contributed by atoms with Gasteiger partial charge in [0.15, 0.2) is 0 Å². The molecule has 0 radical (unpaired) electrons. The molecule has 1 heterocycles. The Bertz CT molecular complexity index is 395. The summed E-state index contributed by atoms with van der Waals surface area (Å²) in [6.45, 7) is 4.33. The van der Waals surface area contributed by atoms with Crippen molar-refractivity contribution in [2.75, 3.05) is 13.6 Å². The number of piperidine rings is 1. The summed E-state index contributed by atoms with van der Waals surface area (Å²) in [5, 5.41) is 0. The van der Waals surface area contributed by atoms with E-state index in [1.54, 1.807) is 26.7 Å². The second-order valence-electron chi connectivity index (χ2n) is 5.49. The third-order valence-electron chi connectivity index (χ3n) is 2.51. The molecule has 0 spiro atoms. The van der Waals surface area contributed by atoms with Crippen molar-refractivity contribution in [3.8, 4) is 0 Å². The van der Waals surface area contributed by atoms with E-state index in [1.807, 2.05) is 0 Å². The van der Waals surface area contributed by atoms with Crippen LogP contribution in [0.4, 0.5) is 8.78 Å². The van der Waals surface area contributed by atoms with E-state index in [0.29, 0.717) is 0 Å². The number of hydrogen-bond donors (Lipinski definition) is 0. The van der Waals surface area contributed by atoms with Gasteiger partial charge >= 0.3 is 5.97 Å². The molecule has 0 aromatic carbocycles. The van der Waals surface area contributed by atoms with E-state index in [9.17, 15) is 18.4 Å². The summed E-state index contributed by atoms with van der Waals surface area (Å²) in [6, 6.07) is 0. The van der Waals surface area contributed by atoms with Gasteiger partial charge in [-0.2, -0.15) is 0 Å². The fourth-order valence-electron chi connectivity index (χ4n) is 1.87. The van der Waals surface area contributed by atoms with Gasteiger partial charge in [-0.3, -0.25) is 4.79 Å². The lowest BCUT2D eigenvalue weighted by atomic mass is 9.92. The first kappa shape index (κ1) is 14.6. The van der Waals surface area contributed by atoms with Crippen molar-refractivity contribution in [2.45, 2.75) is 38.7 Å². The number of hydrogen-bond acceptors (Lipinski definition) is 4. The Morgan fingerprint density at radius 2 is 2.06 bits per heavy atom. The van der Waals surface area contributed by atoms with E-state index < -0.39 is 36.4 Å². The van der Waals surface area contributed by atoms with Gasteiger partial charge in [-0.25, -0.2) is 13.6 Å². The van der Waals surface area contributed by atoms with Gasteiger partial charge in [0.05, 0.1) is 6.54 Å². The summed E-state index contributed by atoms with van der Waals surface area (Å²) in [7, 11) is 1.34. The molecule has 0 aromatic rings. The Balaban J connectivity index is 2.96. The van der Waals surface area contributed by atoms with Crippen LogP contribution in [-0.4, -0.2) is 41.9 Å². The number of nitrogens with zero attached hydrogens (tertiary/aromatic N) is 1. The molecule has 0 amide bonds. The van der Waals surface area contributed by atoms with Crippen molar-refractivity contribution in [2.24, 2.45) is 5.92 Å². The Morgan fingerprint density at radius 3 is 2.50 bits per heavy atom. The van der Waals surface area contributed by atoms with E-state index in [0.717, 1.165) is 4.90 Å². The van der Waals surface area contributed by atoms with Crippen molar-refractivity contribution in [3.63, 3.8) is 0 Å². The molecule has 1 aliphatic heterocycles. The maximum atomic E-state index is 13.4. The summed E-state index contributed by atoms with van der Waals surface area (Å²) in [4.78, 5) is 23.7. The first-order valence-electron chi connectivity index (χ1n) is 5.62. The summed E-state index contributed by atoms with van der Waals surface area (Å²) >= 11 is 0. The van der Waals surface area contributed by atoms with Gasteiger partial charge in [0.1, 0.15) is 23.2 Å². The molecule has 18 heavy (non-hydrogen) atoms. The molecule has 1 unspecified atom stereocenters. The number of alkyl halides is 2. The lowest BCUT2D eigenvalue weighted by Gasteiger charge is -2.36. The predicted octanol–water partition coefficient (Wildman–Crippen LogP) is 1.63. The van der Waals surface area contributed by atoms with Crippen LogP contribution in [0.2, 0.25) is 0 Å². The molecule has 102 valence electrons. The minimum atomic E-state index is -3.02. The first-order chi connectivity index (χ1) is 8.06. The molecule has 6 heteroatoms. The molecule has 1 aliphatic rings. The molecule has 0 N–H and O–H groups in total. The van der Waals surface area contributed by atoms with Crippen LogP contribution in [0.25, 0.3) is 0 Å². The molecule has 4 nitrogen and oxygen atoms in total. The van der Waals surface area contributed by atoms with Gasteiger partial charge < -0.3 is 9.64 Å². The fraction of sp³-hybridized carbons (Fsp3) is 0.750. The highest BCUT2D eigenvalue weighted by molar-refractivity contribution is 5.79. The second-order valence-corrected chi connectivity index (χ2v) is 5.49. The zero-order chi connectivity index (χ0) is 14.1. The molecule has 1 fully saturated rings. The van der Waals surface area contributed by atoms with E-state index >= 15 is 0 Å². The van der Waals surface area contributed by atoms with Gasteiger partial charge in [-0.05, 0) is 20.8 Å². The lowest BCUT2D eigenvalue weighted by molar-refractivity contribution is -0.165. The molecule has 1 rings (SSSR count). The van der Waals surface area contributed by atoms with E-state index in [1.165, 1.54) is 7.05 Å². The van der Waals surface area contributed by atoms with Crippen molar-refractivity contribution >= 4 is 11.9 Å². The fourth-order valence-corrected chi connectivity index (χ4v) is 1.87. The molecule has 0 bridgehead atoms. The highest BCUT2D eigenvalue weighted by atomic mass is 19.3. The maximum Gasteiger partial charge on any atom is 0.316 e. The van der Waals surface area contributed by atoms with Gasteiger partial charge in [-0.15, -0.1) is 0 Å². The molecule has 0 saturated carbocycles. The summed E-state index contributed by atoms with van der Waals surface area (Å²) in [6.07, 6.45) is -0.711. The molecule has 1 atom stereocenters. The number of esters is 1. The van der Waals surface area contributed by atoms with Gasteiger partial charge in [0.25, 0.3) is 5.92 Å². The second kappa shape index (κ2) is 4.69. The Hall–Kier alpha value is -1.42. The quantitative estimate of drug-likeness (QED) is 0.531. The number of ether oxygens (including phenoxy) is 1. The summed E-state index contributed by atoms with van der Waals surface area (Å²) in [5.41, 5.74) is -0.855. The molecule has 0 aromatic heterocycles. The van der Waals surface area contributed by atoms with Crippen molar-refractivity contribution in [1.82, 2.24) is 4.90 Å². The van der Waals surface area contributed by atoms with Gasteiger partial charge in [-0.1, -0.05) is 0 Å². The Morgan fingerprint density at radius 1 is 1.50 bits per heavy atom. The number of halogens is 2. The highest BCUT2D eigenvalue weighted by Gasteiger charge is 2.46. The highest BCUT2D eigenvalue weighted by Crippen LogP contribution is 2.36. The molecular formula is C12H17F2NO3. The molecular weight excluding hydrogens is 244 g/mol. The van der Waals surface area contributed by atoms with E-state index in [4.69, 9.17) is 4.74 Å². The van der Waals surface area contributed by atoms with Crippen molar-refractivity contribution in [3.05, 3.63) is 5.70 Å². The maximum absolute atomic E-state index is 13.4. The smallest absolute Gasteiger partial charge is 0.316 e. The van der Waals surface area contributed by atoms with Crippen LogP contribution < -0.4 is 0 Å². The summed E-state index contributed by atoms with van der Waals surface area (Å²) in [5.74, 6) is -3.52. The SMILES string of the molecule is CN1CC(F)(F)CC(C(=O)OC(C)(C)C)C1=C=O. The largest absolute Gasteiger partial charge is 0.459 e. The standard InChI is InChI=1S/C12H17F2NO3/c1-11(2,3)18-10(17)8-5-12(13,14)7-15(4)9(8)6-16/h8H,5,7H2,1-4H3. The molecule has 1 saturated heterocycles. The van der Waals surface area contributed by atoms with Crippen LogP contribution in [-0.2, 0) is 14.3 Å². The van der Waals surface area contributed by atoms with Crippen LogP contribution in [0.5, 0.6) is 0 Å². The van der Waals surface area contributed by atoms with Gasteiger partial charge in [0.2, 0.25) is 0 Å². The third kappa shape index (κ3) is 3.53. The number of likely N-dealkylation sites (tertiary alicyclic amines) is 1. The third-order valence-corrected chi connectivity index (χ3v) is 2.51. The Kier molecular flexibility index (Phi) is 3.81. The van der Waals surface area contributed by atoms with Crippen LogP contribution >= 0.6 is 0 Å². The van der Waals surface area contributed by atoms with Crippen molar-refractivity contribution in [1.29, 1.82) is 0 Å². The minimum absolute atomic E-state index is 0.0739. The average Bonchev–Trinajstić information content (AvgIpc) is 2.12. The normalized spacial score (nSPS) is 23.6. The van der Waals surface area contributed by atoms with Crippen LogP contribution in [0, 0.1) is 5.92 Å². The average molecular weight is 261 g/mol. The molecule has 0 aliphatic carbocycles. The topological polar surface area (TPSA) is 46.6 Å². The Labute approximate surface area is 105 Å². The monoisotopic (exact) mass is 261 g/mol. The number of carbonyl (C=O) groups is 1. The van der Waals surface area contributed by atoms with E-state index in [2.05, 4.69) is 0 Å². The number of rotatable bonds is 1. The van der Waals surface area contributed by atoms with Crippen LogP contribution in [0.15, 0.2) is 5.70 Å². The van der Waals surface area contributed by atoms with E-state index in [-0.39, 0.29) is 5.70 Å². The van der Waals surface area contributed by atoms with Crippen LogP contribution in [0.3, 0.4) is 0 Å².